The number of nitrogens with zero attached hydrogens (tertiary/aromatic N) is 4. The van der Waals surface area contributed by atoms with E-state index in [2.05, 4.69) is 10.2 Å². The first-order valence-electron chi connectivity index (χ1n) is 9.69. The van der Waals surface area contributed by atoms with Crippen LogP contribution in [0.1, 0.15) is 32.1 Å². The summed E-state index contributed by atoms with van der Waals surface area (Å²) in [7, 11) is 1.85. The predicted octanol–water partition coefficient (Wildman–Crippen LogP) is 5.50. The van der Waals surface area contributed by atoms with Crippen molar-refractivity contribution in [3.8, 4) is 22.5 Å². The van der Waals surface area contributed by atoms with Crippen molar-refractivity contribution in [2.75, 3.05) is 7.05 Å². The van der Waals surface area contributed by atoms with Crippen molar-refractivity contribution < 1.29 is 4.79 Å². The summed E-state index contributed by atoms with van der Waals surface area (Å²) >= 11 is 6.04. The summed E-state index contributed by atoms with van der Waals surface area (Å²) in [5.74, 6) is 0. The number of hydrogen-bond acceptors (Lipinski definition) is 3. The molecule has 1 heterocycles. The lowest BCUT2D eigenvalue weighted by molar-refractivity contribution is 0.169. The first-order chi connectivity index (χ1) is 13.6. The molecule has 0 spiro atoms. The molecule has 1 saturated carbocycles. The van der Waals surface area contributed by atoms with Crippen LogP contribution in [0.5, 0.6) is 0 Å². The van der Waals surface area contributed by atoms with E-state index in [1.807, 2.05) is 61.6 Å². The van der Waals surface area contributed by atoms with Crippen LogP contribution in [0, 0.1) is 0 Å². The number of halogens is 1. The number of amides is 1. The molecule has 0 atom stereocenters. The zero-order chi connectivity index (χ0) is 19.5. The molecule has 1 aliphatic carbocycles. The summed E-state index contributed by atoms with van der Waals surface area (Å²) in [5, 5.41) is 9.81. The molecule has 4 rings (SSSR count). The zero-order valence-electron chi connectivity index (χ0n) is 15.9. The van der Waals surface area contributed by atoms with E-state index in [9.17, 15) is 4.79 Å². The van der Waals surface area contributed by atoms with E-state index >= 15 is 0 Å². The number of rotatable bonds is 3. The van der Waals surface area contributed by atoms with Crippen molar-refractivity contribution >= 4 is 17.6 Å². The summed E-state index contributed by atoms with van der Waals surface area (Å²) in [6.07, 6.45) is 5.66. The minimum absolute atomic E-state index is 0.190. The Hall–Kier alpha value is -2.66. The fraction of sp³-hybridized carbons (Fsp3) is 0.318. The molecular formula is C22H23ClN4O. The number of carbonyl (C=O) groups excluding carboxylic acids is 1. The minimum Gasteiger partial charge on any atom is -0.322 e. The molecular weight excluding hydrogens is 372 g/mol. The topological polar surface area (TPSA) is 51.0 Å². The molecule has 1 aromatic heterocycles. The molecule has 0 radical (unpaired) electrons. The molecule has 2 aromatic carbocycles. The highest BCUT2D eigenvalue weighted by Crippen LogP contribution is 2.30. The second-order valence-electron chi connectivity index (χ2n) is 7.24. The Bertz CT molecular complexity index is 946. The molecule has 28 heavy (non-hydrogen) atoms. The fourth-order valence-corrected chi connectivity index (χ4v) is 3.88. The molecule has 0 bridgehead atoms. The van der Waals surface area contributed by atoms with Gasteiger partial charge in [-0.25, -0.2) is 4.79 Å². The van der Waals surface area contributed by atoms with Crippen LogP contribution in [0.25, 0.3) is 22.5 Å². The van der Waals surface area contributed by atoms with Crippen molar-refractivity contribution in [1.29, 1.82) is 0 Å². The van der Waals surface area contributed by atoms with Crippen molar-refractivity contribution in [3.63, 3.8) is 0 Å². The second kappa shape index (κ2) is 8.15. The maximum atomic E-state index is 13.1. The monoisotopic (exact) mass is 394 g/mol. The molecule has 5 nitrogen and oxygen atoms in total. The normalized spacial score (nSPS) is 14.8. The lowest BCUT2D eigenvalue weighted by Gasteiger charge is -2.30. The van der Waals surface area contributed by atoms with Gasteiger partial charge in [0.05, 0.1) is 0 Å². The van der Waals surface area contributed by atoms with Crippen LogP contribution >= 0.6 is 11.6 Å². The Morgan fingerprint density at radius 1 is 0.929 bits per heavy atom. The van der Waals surface area contributed by atoms with Crippen molar-refractivity contribution in [2.45, 2.75) is 38.1 Å². The highest BCUT2D eigenvalue weighted by Gasteiger charge is 2.26. The third-order valence-corrected chi connectivity index (χ3v) is 5.63. The Morgan fingerprint density at radius 2 is 1.50 bits per heavy atom. The molecule has 0 unspecified atom stereocenters. The summed E-state index contributed by atoms with van der Waals surface area (Å²) in [4.78, 5) is 16.1. The minimum atomic E-state index is -0.190. The first kappa shape index (κ1) is 18.7. The summed E-state index contributed by atoms with van der Waals surface area (Å²) < 4.78 is 0. The van der Waals surface area contributed by atoms with Crippen LogP contribution in [0.3, 0.4) is 0 Å². The molecule has 144 valence electrons. The largest absolute Gasteiger partial charge is 0.362 e. The summed E-state index contributed by atoms with van der Waals surface area (Å²) in [6, 6.07) is 17.3. The maximum Gasteiger partial charge on any atom is 0.362 e. The standard InChI is InChI=1S/C22H23ClN4O/c1-26(19-10-6-3-7-11-19)22(28)27-24-20(16-8-4-2-5-9-16)21(25-27)17-12-14-18(23)15-13-17/h2,4-5,8-9,12-15,19H,3,6-7,10-11H2,1H3. The van der Waals surface area contributed by atoms with E-state index in [0.717, 1.165) is 24.0 Å². The van der Waals surface area contributed by atoms with E-state index < -0.39 is 0 Å². The van der Waals surface area contributed by atoms with Gasteiger partial charge in [0.2, 0.25) is 0 Å². The Labute approximate surface area is 169 Å². The van der Waals surface area contributed by atoms with Gasteiger partial charge in [0.15, 0.2) is 0 Å². The Morgan fingerprint density at radius 3 is 2.11 bits per heavy atom. The van der Waals surface area contributed by atoms with Gasteiger partial charge < -0.3 is 4.90 Å². The predicted molar refractivity (Wildman–Crippen MR) is 111 cm³/mol. The maximum absolute atomic E-state index is 13.1. The van der Waals surface area contributed by atoms with Crippen LogP contribution in [-0.4, -0.2) is 39.0 Å². The molecule has 1 fully saturated rings. The van der Waals surface area contributed by atoms with E-state index in [0.29, 0.717) is 16.4 Å². The van der Waals surface area contributed by atoms with Crippen LogP contribution in [0.15, 0.2) is 54.6 Å². The molecule has 0 aliphatic heterocycles. The lowest BCUT2D eigenvalue weighted by atomic mass is 9.95. The van der Waals surface area contributed by atoms with Crippen molar-refractivity contribution in [2.24, 2.45) is 0 Å². The Kier molecular flexibility index (Phi) is 5.44. The van der Waals surface area contributed by atoms with Gasteiger partial charge in [0, 0.05) is 29.2 Å². The summed E-state index contributed by atoms with van der Waals surface area (Å²) in [5.41, 5.74) is 3.16. The molecule has 1 aliphatic rings. The van der Waals surface area contributed by atoms with E-state index in [-0.39, 0.29) is 12.1 Å². The van der Waals surface area contributed by atoms with Gasteiger partial charge in [-0.05, 0) is 25.0 Å². The number of hydrogen-bond donors (Lipinski definition) is 0. The number of aromatic nitrogens is 3. The van der Waals surface area contributed by atoms with Crippen LogP contribution in [0.4, 0.5) is 4.79 Å². The lowest BCUT2D eigenvalue weighted by Crippen LogP contribution is -2.41. The third kappa shape index (κ3) is 3.80. The fourth-order valence-electron chi connectivity index (χ4n) is 3.75. The average Bonchev–Trinajstić information content (AvgIpc) is 3.20. The molecule has 0 saturated heterocycles. The number of carbonyl (C=O) groups is 1. The smallest absolute Gasteiger partial charge is 0.322 e. The molecule has 1 amide bonds. The van der Waals surface area contributed by atoms with Gasteiger partial charge in [-0.1, -0.05) is 78.1 Å². The third-order valence-electron chi connectivity index (χ3n) is 5.37. The first-order valence-corrected chi connectivity index (χ1v) is 10.1. The molecule has 3 aromatic rings. The SMILES string of the molecule is CN(C(=O)n1nc(-c2ccccc2)c(-c2ccc(Cl)cc2)n1)C1CCCCC1. The van der Waals surface area contributed by atoms with Gasteiger partial charge in [-0.15, -0.1) is 10.2 Å². The van der Waals surface area contributed by atoms with Crippen LogP contribution < -0.4 is 0 Å². The highest BCUT2D eigenvalue weighted by atomic mass is 35.5. The van der Waals surface area contributed by atoms with Crippen LogP contribution in [0.2, 0.25) is 5.02 Å². The van der Waals surface area contributed by atoms with Gasteiger partial charge in [-0.2, -0.15) is 0 Å². The van der Waals surface area contributed by atoms with Gasteiger partial charge in [0.25, 0.3) is 0 Å². The summed E-state index contributed by atoms with van der Waals surface area (Å²) in [6.45, 7) is 0. The van der Waals surface area contributed by atoms with Crippen LogP contribution in [-0.2, 0) is 0 Å². The number of benzene rings is 2. The van der Waals surface area contributed by atoms with E-state index in [4.69, 9.17) is 11.6 Å². The second-order valence-corrected chi connectivity index (χ2v) is 7.68. The van der Waals surface area contributed by atoms with Gasteiger partial charge in [0.1, 0.15) is 11.4 Å². The zero-order valence-corrected chi connectivity index (χ0v) is 16.6. The Balaban J connectivity index is 1.72. The van der Waals surface area contributed by atoms with Crippen molar-refractivity contribution in [3.05, 3.63) is 59.6 Å². The van der Waals surface area contributed by atoms with Gasteiger partial charge in [-0.3, -0.25) is 0 Å². The quantitative estimate of drug-likeness (QED) is 0.589. The van der Waals surface area contributed by atoms with E-state index in [1.54, 1.807) is 4.90 Å². The van der Waals surface area contributed by atoms with Crippen molar-refractivity contribution in [1.82, 2.24) is 19.9 Å². The molecule has 0 N–H and O–H groups in total. The highest BCUT2D eigenvalue weighted by molar-refractivity contribution is 6.30. The van der Waals surface area contributed by atoms with E-state index in [1.165, 1.54) is 24.1 Å². The molecule has 6 heteroatoms. The average molecular weight is 395 g/mol. The van der Waals surface area contributed by atoms with Gasteiger partial charge >= 0.3 is 6.03 Å².